The first-order valence-electron chi connectivity index (χ1n) is 7.12. The van der Waals surface area contributed by atoms with Crippen LogP contribution in [-0.4, -0.2) is 27.7 Å². The molecule has 0 radical (unpaired) electrons. The normalized spacial score (nSPS) is 11.0. The second kappa shape index (κ2) is 6.13. The number of esters is 1. The molecule has 0 aliphatic carbocycles. The van der Waals surface area contributed by atoms with E-state index in [1.165, 1.54) is 25.3 Å². The lowest BCUT2D eigenvalue weighted by molar-refractivity contribution is 0.0597. The number of fused-ring (bicyclic) bond motifs is 1. The van der Waals surface area contributed by atoms with Crippen LogP contribution >= 0.6 is 11.6 Å². The topological polar surface area (TPSA) is 64.3 Å². The number of methoxy groups -OCH3 is 1. The molecule has 0 spiro atoms. The number of ether oxygens (including phenoxy) is 1. The van der Waals surface area contributed by atoms with Gasteiger partial charge in [-0.25, -0.2) is 14.2 Å². The van der Waals surface area contributed by atoms with Gasteiger partial charge in [0.25, 0.3) is 0 Å². The fourth-order valence-corrected chi connectivity index (χ4v) is 2.91. The van der Waals surface area contributed by atoms with Crippen LogP contribution in [0, 0.1) is 5.82 Å². The zero-order valence-corrected chi connectivity index (χ0v) is 13.8. The summed E-state index contributed by atoms with van der Waals surface area (Å²) in [6.45, 7) is 0. The van der Waals surface area contributed by atoms with Gasteiger partial charge in [0.15, 0.2) is 5.75 Å². The molecule has 124 valence electrons. The van der Waals surface area contributed by atoms with Crippen molar-refractivity contribution in [2.75, 3.05) is 7.11 Å². The highest BCUT2D eigenvalue weighted by Gasteiger charge is 2.22. The monoisotopic (exact) mass is 348 g/mol. The molecular weight excluding hydrogens is 335 g/mol. The Morgan fingerprint density at radius 2 is 2.04 bits per heavy atom. The largest absolute Gasteiger partial charge is 0.505 e. The zero-order valence-electron chi connectivity index (χ0n) is 13.0. The van der Waals surface area contributed by atoms with Crippen LogP contribution in [0.5, 0.6) is 5.75 Å². The lowest BCUT2D eigenvalue weighted by Crippen LogP contribution is -2.02. The molecule has 1 heterocycles. The molecule has 0 atom stereocenters. The van der Waals surface area contributed by atoms with Crippen LogP contribution in [0.25, 0.3) is 11.0 Å². The smallest absolute Gasteiger partial charge is 0.341 e. The SMILES string of the molecule is COC(=O)c1cc(Cl)c2c(nc(Cc3ccc(F)cc3)n2C)c1O. The van der Waals surface area contributed by atoms with Crippen molar-refractivity contribution < 1.29 is 19.0 Å². The summed E-state index contributed by atoms with van der Waals surface area (Å²) in [6.07, 6.45) is 0.425. The number of nitrogens with zero attached hydrogens (tertiary/aromatic N) is 2. The number of rotatable bonds is 3. The highest BCUT2D eigenvalue weighted by molar-refractivity contribution is 6.35. The fraction of sp³-hybridized carbons (Fsp3) is 0.176. The van der Waals surface area contributed by atoms with E-state index in [0.29, 0.717) is 17.8 Å². The van der Waals surface area contributed by atoms with E-state index < -0.39 is 5.97 Å². The highest BCUT2D eigenvalue weighted by atomic mass is 35.5. The van der Waals surface area contributed by atoms with Gasteiger partial charge >= 0.3 is 5.97 Å². The minimum absolute atomic E-state index is 0.0403. The van der Waals surface area contributed by atoms with Crippen LogP contribution < -0.4 is 0 Å². The van der Waals surface area contributed by atoms with E-state index in [4.69, 9.17) is 11.6 Å². The Balaban J connectivity index is 2.12. The third kappa shape index (κ3) is 2.69. The summed E-state index contributed by atoms with van der Waals surface area (Å²) in [6, 6.07) is 7.43. The van der Waals surface area contributed by atoms with Gasteiger partial charge in [-0.1, -0.05) is 23.7 Å². The Hall–Kier alpha value is -2.60. The summed E-state index contributed by atoms with van der Waals surface area (Å²) in [5.74, 6) is -0.660. The molecule has 0 aliphatic heterocycles. The number of benzene rings is 2. The van der Waals surface area contributed by atoms with Gasteiger partial charge < -0.3 is 14.4 Å². The van der Waals surface area contributed by atoms with Gasteiger partial charge in [-0.05, 0) is 23.8 Å². The van der Waals surface area contributed by atoms with E-state index in [0.717, 1.165) is 5.56 Å². The standard InChI is InChI=1S/C17H14ClFN2O3/c1-21-13(7-9-3-5-10(19)6-4-9)20-14-15(21)12(18)8-11(16(14)22)17(23)24-2/h3-6,8,22H,7H2,1-2H3. The van der Waals surface area contributed by atoms with Gasteiger partial charge in [-0.15, -0.1) is 0 Å². The molecule has 1 aromatic heterocycles. The predicted octanol–water partition coefficient (Wildman–Crippen LogP) is 3.45. The number of imidazole rings is 1. The Labute approximate surface area is 142 Å². The number of carbonyl (C=O) groups excluding carboxylic acids is 1. The molecule has 0 saturated heterocycles. The number of phenols is 1. The average molecular weight is 349 g/mol. The van der Waals surface area contributed by atoms with E-state index in [-0.39, 0.29) is 27.7 Å². The predicted molar refractivity (Wildman–Crippen MR) is 87.9 cm³/mol. The Bertz CT molecular complexity index is 935. The molecule has 0 unspecified atom stereocenters. The maximum atomic E-state index is 13.0. The highest BCUT2D eigenvalue weighted by Crippen LogP contribution is 2.35. The zero-order chi connectivity index (χ0) is 17.4. The molecular formula is C17H14ClFN2O3. The molecule has 3 aromatic rings. The first-order valence-corrected chi connectivity index (χ1v) is 7.49. The van der Waals surface area contributed by atoms with Gasteiger partial charge in [0, 0.05) is 13.5 Å². The number of hydrogen-bond acceptors (Lipinski definition) is 4. The minimum Gasteiger partial charge on any atom is -0.505 e. The fourth-order valence-electron chi connectivity index (χ4n) is 2.58. The lowest BCUT2D eigenvalue weighted by Gasteiger charge is -2.06. The number of aromatic nitrogens is 2. The second-order valence-electron chi connectivity index (χ2n) is 5.33. The Morgan fingerprint density at radius 3 is 2.67 bits per heavy atom. The minimum atomic E-state index is -0.693. The second-order valence-corrected chi connectivity index (χ2v) is 5.74. The summed E-state index contributed by atoms with van der Waals surface area (Å²) in [5, 5.41) is 10.6. The molecule has 1 N–H and O–H groups in total. The maximum absolute atomic E-state index is 13.0. The van der Waals surface area contributed by atoms with Crippen molar-refractivity contribution in [3.8, 4) is 5.75 Å². The summed E-state index contributed by atoms with van der Waals surface area (Å²) >= 11 is 6.25. The first kappa shape index (κ1) is 16.3. The van der Waals surface area contributed by atoms with Gasteiger partial charge in [0.2, 0.25) is 0 Å². The van der Waals surface area contributed by atoms with Crippen molar-refractivity contribution >= 4 is 28.6 Å². The van der Waals surface area contributed by atoms with Crippen LogP contribution in [0.3, 0.4) is 0 Å². The van der Waals surface area contributed by atoms with E-state index in [2.05, 4.69) is 9.72 Å². The van der Waals surface area contributed by atoms with E-state index in [9.17, 15) is 14.3 Å². The number of aromatic hydroxyl groups is 1. The maximum Gasteiger partial charge on any atom is 0.341 e. The summed E-state index contributed by atoms with van der Waals surface area (Å²) in [5.41, 5.74) is 1.56. The number of halogens is 2. The number of carbonyl (C=O) groups is 1. The molecule has 3 rings (SSSR count). The molecule has 2 aromatic carbocycles. The lowest BCUT2D eigenvalue weighted by atomic mass is 10.1. The summed E-state index contributed by atoms with van der Waals surface area (Å²) in [7, 11) is 2.98. The summed E-state index contributed by atoms with van der Waals surface area (Å²) in [4.78, 5) is 16.1. The van der Waals surface area contributed by atoms with Crippen molar-refractivity contribution in [1.82, 2.24) is 9.55 Å². The number of hydrogen-bond donors (Lipinski definition) is 1. The van der Waals surface area contributed by atoms with E-state index in [1.807, 2.05) is 0 Å². The quantitative estimate of drug-likeness (QED) is 0.736. The number of phenolic OH excluding ortho intramolecular Hbond substituents is 1. The van der Waals surface area contributed by atoms with E-state index >= 15 is 0 Å². The summed E-state index contributed by atoms with van der Waals surface area (Å²) < 4.78 is 19.4. The van der Waals surface area contributed by atoms with Crippen LogP contribution in [0.4, 0.5) is 4.39 Å². The van der Waals surface area contributed by atoms with Crippen LogP contribution in [0.2, 0.25) is 5.02 Å². The van der Waals surface area contributed by atoms with Crippen molar-refractivity contribution in [2.45, 2.75) is 6.42 Å². The number of aryl methyl sites for hydroxylation is 1. The molecule has 0 fully saturated rings. The molecule has 0 saturated carbocycles. The first-order chi connectivity index (χ1) is 11.4. The average Bonchev–Trinajstić information content (AvgIpc) is 2.90. The van der Waals surface area contributed by atoms with Crippen molar-refractivity contribution in [3.63, 3.8) is 0 Å². The molecule has 5 nitrogen and oxygen atoms in total. The third-order valence-electron chi connectivity index (χ3n) is 3.85. The van der Waals surface area contributed by atoms with Crippen LogP contribution in [0.15, 0.2) is 30.3 Å². The third-order valence-corrected chi connectivity index (χ3v) is 4.13. The van der Waals surface area contributed by atoms with Crippen LogP contribution in [0.1, 0.15) is 21.7 Å². The Kier molecular flexibility index (Phi) is 4.15. The van der Waals surface area contributed by atoms with Crippen molar-refractivity contribution in [3.05, 3.63) is 58.1 Å². The van der Waals surface area contributed by atoms with Gasteiger partial charge in [-0.2, -0.15) is 0 Å². The van der Waals surface area contributed by atoms with Crippen molar-refractivity contribution in [2.24, 2.45) is 7.05 Å². The van der Waals surface area contributed by atoms with Gasteiger partial charge in [0.1, 0.15) is 22.7 Å². The molecule has 7 heteroatoms. The molecule has 0 bridgehead atoms. The molecule has 0 aliphatic rings. The Morgan fingerprint density at radius 1 is 1.38 bits per heavy atom. The van der Waals surface area contributed by atoms with Crippen molar-refractivity contribution in [1.29, 1.82) is 0 Å². The van der Waals surface area contributed by atoms with Gasteiger partial charge in [-0.3, -0.25) is 0 Å². The van der Waals surface area contributed by atoms with Gasteiger partial charge in [0.05, 0.1) is 17.6 Å². The molecule has 24 heavy (non-hydrogen) atoms. The molecule has 0 amide bonds. The van der Waals surface area contributed by atoms with E-state index in [1.54, 1.807) is 23.7 Å². The van der Waals surface area contributed by atoms with Crippen LogP contribution in [-0.2, 0) is 18.2 Å².